The number of aryl methyl sites for hydroxylation is 2. The minimum atomic E-state index is 0.888. The second-order valence-corrected chi connectivity index (χ2v) is 4.25. The minimum Gasteiger partial charge on any atom is -0.344 e. The van der Waals surface area contributed by atoms with Crippen LogP contribution in [-0.2, 0) is 19.6 Å². The van der Waals surface area contributed by atoms with Crippen LogP contribution in [0.15, 0.2) is 24.4 Å². The van der Waals surface area contributed by atoms with Crippen molar-refractivity contribution in [1.29, 1.82) is 0 Å². The van der Waals surface area contributed by atoms with E-state index in [2.05, 4.69) is 51.0 Å². The molecule has 92 valence electrons. The Kier molecular flexibility index (Phi) is 3.64. The number of rotatable bonds is 5. The van der Waals surface area contributed by atoms with E-state index in [1.165, 1.54) is 11.4 Å². The van der Waals surface area contributed by atoms with Gasteiger partial charge in [0, 0.05) is 25.0 Å². The van der Waals surface area contributed by atoms with Gasteiger partial charge in [0.1, 0.15) is 0 Å². The van der Waals surface area contributed by atoms with Crippen LogP contribution >= 0.6 is 0 Å². The molecule has 0 aromatic carbocycles. The summed E-state index contributed by atoms with van der Waals surface area (Å²) >= 11 is 0. The van der Waals surface area contributed by atoms with Crippen LogP contribution in [0, 0.1) is 6.92 Å². The number of nitrogens with zero attached hydrogens (tertiary/aromatic N) is 3. The molecule has 1 N–H and O–H groups in total. The van der Waals surface area contributed by atoms with Gasteiger partial charge in [0.15, 0.2) is 0 Å². The molecule has 2 heterocycles. The van der Waals surface area contributed by atoms with Crippen molar-refractivity contribution in [3.8, 4) is 0 Å². The van der Waals surface area contributed by atoms with Gasteiger partial charge >= 0.3 is 0 Å². The minimum absolute atomic E-state index is 0.888. The molecule has 2 rings (SSSR count). The van der Waals surface area contributed by atoms with E-state index in [0.29, 0.717) is 0 Å². The van der Waals surface area contributed by atoms with E-state index < -0.39 is 0 Å². The lowest BCUT2D eigenvalue weighted by Gasteiger charge is -2.10. The Bertz CT molecular complexity index is 481. The average molecular weight is 232 g/mol. The highest BCUT2D eigenvalue weighted by Crippen LogP contribution is 2.09. The zero-order chi connectivity index (χ0) is 12.3. The van der Waals surface area contributed by atoms with Crippen molar-refractivity contribution in [3.05, 3.63) is 41.5 Å². The molecule has 0 aliphatic rings. The maximum atomic E-state index is 4.47. The highest BCUT2D eigenvalue weighted by molar-refractivity contribution is 5.13. The van der Waals surface area contributed by atoms with Gasteiger partial charge in [0.25, 0.3) is 0 Å². The molecule has 0 fully saturated rings. The van der Waals surface area contributed by atoms with E-state index >= 15 is 0 Å². The van der Waals surface area contributed by atoms with Crippen molar-refractivity contribution in [3.63, 3.8) is 0 Å². The number of hydrogen-bond donors (Lipinski definition) is 1. The maximum absolute atomic E-state index is 4.47. The smallest absolute Gasteiger partial charge is 0.0642 e. The molecular weight excluding hydrogens is 212 g/mol. The van der Waals surface area contributed by atoms with Crippen LogP contribution in [-0.4, -0.2) is 21.4 Å². The van der Waals surface area contributed by atoms with Crippen LogP contribution in [0.5, 0.6) is 0 Å². The van der Waals surface area contributed by atoms with E-state index in [1.54, 1.807) is 0 Å². The van der Waals surface area contributed by atoms with Crippen molar-refractivity contribution in [1.82, 2.24) is 19.7 Å². The third-order valence-corrected chi connectivity index (χ3v) is 2.90. The molecule has 2 aromatic heterocycles. The predicted molar refractivity (Wildman–Crippen MR) is 68.9 cm³/mol. The van der Waals surface area contributed by atoms with E-state index in [4.69, 9.17) is 0 Å². The lowest BCUT2D eigenvalue weighted by atomic mass is 10.3. The summed E-state index contributed by atoms with van der Waals surface area (Å²) < 4.78 is 4.33. The van der Waals surface area contributed by atoms with E-state index in [1.807, 2.05) is 14.0 Å². The van der Waals surface area contributed by atoms with Gasteiger partial charge in [0.05, 0.1) is 17.9 Å². The zero-order valence-electron chi connectivity index (χ0n) is 10.8. The Balaban J connectivity index is 2.21. The standard InChI is InChI=1S/C13H20N4/c1-4-17-13(8-11(2)15-17)10-16-7-5-6-12(16)9-14-3/h5-8,14H,4,9-10H2,1-3H3. The molecule has 0 saturated heterocycles. The average Bonchev–Trinajstić information content (AvgIpc) is 2.87. The lowest BCUT2D eigenvalue weighted by molar-refractivity contribution is 0.587. The van der Waals surface area contributed by atoms with Crippen molar-refractivity contribution in [2.75, 3.05) is 7.05 Å². The van der Waals surface area contributed by atoms with Crippen molar-refractivity contribution in [2.45, 2.75) is 33.5 Å². The molecule has 0 aliphatic carbocycles. The molecule has 0 amide bonds. The highest BCUT2D eigenvalue weighted by Gasteiger charge is 2.06. The number of hydrogen-bond acceptors (Lipinski definition) is 2. The highest BCUT2D eigenvalue weighted by atomic mass is 15.3. The van der Waals surface area contributed by atoms with Crippen LogP contribution in [0.4, 0.5) is 0 Å². The van der Waals surface area contributed by atoms with Gasteiger partial charge in [-0.25, -0.2) is 0 Å². The maximum Gasteiger partial charge on any atom is 0.0642 e. The van der Waals surface area contributed by atoms with Gasteiger partial charge in [-0.1, -0.05) is 0 Å². The second kappa shape index (κ2) is 5.19. The Morgan fingerprint density at radius 1 is 1.35 bits per heavy atom. The van der Waals surface area contributed by atoms with E-state index in [9.17, 15) is 0 Å². The molecule has 0 aliphatic heterocycles. The molecule has 0 atom stereocenters. The van der Waals surface area contributed by atoms with E-state index in [0.717, 1.165) is 25.3 Å². The van der Waals surface area contributed by atoms with Crippen LogP contribution in [0.2, 0.25) is 0 Å². The van der Waals surface area contributed by atoms with Crippen LogP contribution in [0.25, 0.3) is 0 Å². The summed E-state index contributed by atoms with van der Waals surface area (Å²) in [6, 6.07) is 6.40. The summed E-state index contributed by atoms with van der Waals surface area (Å²) in [4.78, 5) is 0. The Morgan fingerprint density at radius 3 is 2.88 bits per heavy atom. The van der Waals surface area contributed by atoms with Crippen LogP contribution < -0.4 is 5.32 Å². The summed E-state index contributed by atoms with van der Waals surface area (Å²) in [6.45, 7) is 6.87. The topological polar surface area (TPSA) is 34.8 Å². The van der Waals surface area contributed by atoms with Crippen LogP contribution in [0.1, 0.15) is 24.0 Å². The predicted octanol–water partition coefficient (Wildman–Crippen LogP) is 1.78. The lowest BCUT2D eigenvalue weighted by Crippen LogP contribution is -2.13. The Labute approximate surface area is 102 Å². The molecule has 0 unspecified atom stereocenters. The summed E-state index contributed by atoms with van der Waals surface area (Å²) in [5.74, 6) is 0. The van der Waals surface area contributed by atoms with Crippen molar-refractivity contribution in [2.24, 2.45) is 0 Å². The largest absolute Gasteiger partial charge is 0.344 e. The van der Waals surface area contributed by atoms with Gasteiger partial charge in [-0.15, -0.1) is 0 Å². The second-order valence-electron chi connectivity index (χ2n) is 4.25. The van der Waals surface area contributed by atoms with Gasteiger partial charge in [-0.2, -0.15) is 5.10 Å². The van der Waals surface area contributed by atoms with Crippen molar-refractivity contribution >= 4 is 0 Å². The molecule has 0 bridgehead atoms. The molecule has 0 saturated carbocycles. The molecule has 0 spiro atoms. The number of nitrogens with one attached hydrogen (secondary N) is 1. The third-order valence-electron chi connectivity index (χ3n) is 2.90. The quantitative estimate of drug-likeness (QED) is 0.852. The monoisotopic (exact) mass is 232 g/mol. The zero-order valence-corrected chi connectivity index (χ0v) is 10.8. The first kappa shape index (κ1) is 11.9. The molecule has 17 heavy (non-hydrogen) atoms. The summed E-state index contributed by atoms with van der Waals surface area (Å²) in [5.41, 5.74) is 3.65. The molecule has 0 radical (unpaired) electrons. The first-order chi connectivity index (χ1) is 8.24. The summed E-state index contributed by atoms with van der Waals surface area (Å²) in [6.07, 6.45) is 2.12. The van der Waals surface area contributed by atoms with Crippen molar-refractivity contribution < 1.29 is 0 Å². The summed E-state index contributed by atoms with van der Waals surface area (Å²) in [5, 5.41) is 7.66. The summed E-state index contributed by atoms with van der Waals surface area (Å²) in [7, 11) is 1.97. The third kappa shape index (κ3) is 2.58. The Morgan fingerprint density at radius 2 is 2.18 bits per heavy atom. The first-order valence-corrected chi connectivity index (χ1v) is 6.06. The fourth-order valence-corrected chi connectivity index (χ4v) is 2.12. The van der Waals surface area contributed by atoms with Gasteiger partial charge in [0.2, 0.25) is 0 Å². The van der Waals surface area contributed by atoms with Gasteiger partial charge in [-0.3, -0.25) is 4.68 Å². The van der Waals surface area contributed by atoms with E-state index in [-0.39, 0.29) is 0 Å². The fraction of sp³-hybridized carbons (Fsp3) is 0.462. The normalized spacial score (nSPS) is 11.0. The number of aromatic nitrogens is 3. The molecule has 4 heteroatoms. The first-order valence-electron chi connectivity index (χ1n) is 6.06. The SMILES string of the molecule is CCn1nc(C)cc1Cn1cccc1CNC. The fourth-order valence-electron chi connectivity index (χ4n) is 2.12. The molecular formula is C13H20N4. The molecule has 2 aromatic rings. The van der Waals surface area contributed by atoms with Crippen LogP contribution in [0.3, 0.4) is 0 Å². The van der Waals surface area contributed by atoms with Gasteiger partial charge in [-0.05, 0) is 39.1 Å². The Hall–Kier alpha value is -1.55. The van der Waals surface area contributed by atoms with Gasteiger partial charge < -0.3 is 9.88 Å². The molecule has 4 nitrogen and oxygen atoms in total.